The van der Waals surface area contributed by atoms with Crippen LogP contribution in [0.25, 0.3) is 0 Å². The summed E-state index contributed by atoms with van der Waals surface area (Å²) < 4.78 is 12.9. The molecule has 0 radical (unpaired) electrons. The fourth-order valence-corrected chi connectivity index (χ4v) is 3.09. The molecule has 1 N–H and O–H groups in total. The van der Waals surface area contributed by atoms with Gasteiger partial charge in [0, 0.05) is 31.1 Å². The number of rotatable bonds is 5. The van der Waals surface area contributed by atoms with Gasteiger partial charge in [-0.3, -0.25) is 9.59 Å². The average molecular weight is 318 g/mol. The Bertz CT molecular complexity index is 561. The van der Waals surface area contributed by atoms with Gasteiger partial charge in [-0.2, -0.15) is 0 Å². The molecule has 1 aromatic carbocycles. The maximum absolute atomic E-state index is 12.9. The predicted octanol–water partition coefficient (Wildman–Crippen LogP) is 2.59. The second-order valence-electron chi connectivity index (χ2n) is 6.60. The molecular formula is C18H23FN2O2. The fraction of sp³-hybridized carbons (Fsp3) is 0.556. The highest BCUT2D eigenvalue weighted by atomic mass is 19.1. The van der Waals surface area contributed by atoms with Crippen molar-refractivity contribution in [2.24, 2.45) is 11.8 Å². The van der Waals surface area contributed by atoms with Crippen LogP contribution in [0.2, 0.25) is 0 Å². The van der Waals surface area contributed by atoms with E-state index in [0.717, 1.165) is 51.7 Å². The topological polar surface area (TPSA) is 49.4 Å². The van der Waals surface area contributed by atoms with Gasteiger partial charge >= 0.3 is 0 Å². The van der Waals surface area contributed by atoms with Gasteiger partial charge in [0.25, 0.3) is 5.91 Å². The lowest BCUT2D eigenvalue weighted by Gasteiger charge is -2.32. The van der Waals surface area contributed by atoms with Crippen molar-refractivity contribution in [2.75, 3.05) is 19.6 Å². The first-order valence-electron chi connectivity index (χ1n) is 8.46. The molecule has 1 saturated heterocycles. The smallest absolute Gasteiger partial charge is 0.253 e. The highest BCUT2D eigenvalue weighted by molar-refractivity contribution is 5.94. The maximum Gasteiger partial charge on any atom is 0.253 e. The lowest BCUT2D eigenvalue weighted by Crippen LogP contribution is -2.39. The zero-order chi connectivity index (χ0) is 16.2. The molecule has 1 aliphatic heterocycles. The lowest BCUT2D eigenvalue weighted by molar-refractivity contribution is -0.122. The first-order chi connectivity index (χ1) is 11.1. The molecule has 1 aliphatic carbocycles. The average Bonchev–Trinajstić information content (AvgIpc) is 3.40. The quantitative estimate of drug-likeness (QED) is 0.907. The van der Waals surface area contributed by atoms with E-state index in [0.29, 0.717) is 11.5 Å². The molecule has 4 nitrogen and oxygen atoms in total. The van der Waals surface area contributed by atoms with Crippen LogP contribution in [-0.2, 0) is 4.79 Å². The van der Waals surface area contributed by atoms with Gasteiger partial charge in [-0.1, -0.05) is 0 Å². The van der Waals surface area contributed by atoms with E-state index in [-0.39, 0.29) is 23.5 Å². The molecule has 5 heteroatoms. The molecule has 2 aliphatic rings. The van der Waals surface area contributed by atoms with Crippen LogP contribution >= 0.6 is 0 Å². The van der Waals surface area contributed by atoms with Crippen molar-refractivity contribution >= 4 is 11.8 Å². The summed E-state index contributed by atoms with van der Waals surface area (Å²) in [4.78, 5) is 25.8. The monoisotopic (exact) mass is 318 g/mol. The molecule has 1 aromatic rings. The van der Waals surface area contributed by atoms with Crippen LogP contribution in [0.5, 0.6) is 0 Å². The van der Waals surface area contributed by atoms with E-state index in [2.05, 4.69) is 5.32 Å². The molecule has 1 heterocycles. The molecule has 0 aromatic heterocycles. The summed E-state index contributed by atoms with van der Waals surface area (Å²) in [7, 11) is 0. The summed E-state index contributed by atoms with van der Waals surface area (Å²) in [5, 5.41) is 3.00. The minimum atomic E-state index is -0.325. The lowest BCUT2D eigenvalue weighted by atomic mass is 9.93. The largest absolute Gasteiger partial charge is 0.356 e. The molecule has 0 unspecified atom stereocenters. The molecule has 3 rings (SSSR count). The van der Waals surface area contributed by atoms with Gasteiger partial charge in [0.15, 0.2) is 0 Å². The van der Waals surface area contributed by atoms with Crippen LogP contribution in [0.1, 0.15) is 42.5 Å². The van der Waals surface area contributed by atoms with E-state index in [1.807, 2.05) is 4.90 Å². The van der Waals surface area contributed by atoms with Crippen LogP contribution in [0, 0.1) is 17.7 Å². The first-order valence-corrected chi connectivity index (χ1v) is 8.46. The number of likely N-dealkylation sites (tertiary alicyclic amines) is 1. The van der Waals surface area contributed by atoms with E-state index in [1.54, 1.807) is 0 Å². The molecule has 23 heavy (non-hydrogen) atoms. The van der Waals surface area contributed by atoms with Gasteiger partial charge in [0.05, 0.1) is 0 Å². The molecule has 0 spiro atoms. The fourth-order valence-electron chi connectivity index (χ4n) is 3.09. The Balaban J connectivity index is 1.40. The summed E-state index contributed by atoms with van der Waals surface area (Å²) in [5.74, 6) is 0.685. The number of nitrogens with zero attached hydrogens (tertiary/aromatic N) is 1. The van der Waals surface area contributed by atoms with Crippen molar-refractivity contribution < 1.29 is 14.0 Å². The second kappa shape index (κ2) is 7.11. The Hall–Kier alpha value is -1.91. The van der Waals surface area contributed by atoms with Crippen molar-refractivity contribution in [1.82, 2.24) is 10.2 Å². The Morgan fingerprint density at radius 3 is 2.35 bits per heavy atom. The number of halogens is 1. The van der Waals surface area contributed by atoms with Crippen LogP contribution in [0.15, 0.2) is 24.3 Å². The third kappa shape index (κ3) is 4.30. The van der Waals surface area contributed by atoms with E-state index in [4.69, 9.17) is 0 Å². The van der Waals surface area contributed by atoms with E-state index >= 15 is 0 Å². The molecule has 124 valence electrons. The van der Waals surface area contributed by atoms with Gasteiger partial charge in [-0.25, -0.2) is 4.39 Å². The number of piperidine rings is 1. The molecule has 1 saturated carbocycles. The number of benzene rings is 1. The molecule has 2 amide bonds. The Morgan fingerprint density at radius 2 is 1.74 bits per heavy atom. The Morgan fingerprint density at radius 1 is 1.09 bits per heavy atom. The summed E-state index contributed by atoms with van der Waals surface area (Å²) in [6, 6.07) is 5.72. The molecule has 2 fully saturated rings. The zero-order valence-electron chi connectivity index (χ0n) is 13.3. The van der Waals surface area contributed by atoms with E-state index in [1.165, 1.54) is 24.3 Å². The van der Waals surface area contributed by atoms with Crippen molar-refractivity contribution in [2.45, 2.75) is 32.1 Å². The van der Waals surface area contributed by atoms with Gasteiger partial charge in [0.2, 0.25) is 5.91 Å². The number of nitrogens with one attached hydrogen (secondary N) is 1. The van der Waals surface area contributed by atoms with Crippen LogP contribution in [0.4, 0.5) is 4.39 Å². The van der Waals surface area contributed by atoms with Crippen molar-refractivity contribution in [1.29, 1.82) is 0 Å². The van der Waals surface area contributed by atoms with Crippen molar-refractivity contribution in [3.8, 4) is 0 Å². The minimum absolute atomic E-state index is 0.0227. The highest BCUT2D eigenvalue weighted by Gasteiger charge is 2.29. The summed E-state index contributed by atoms with van der Waals surface area (Å²) >= 11 is 0. The standard InChI is InChI=1S/C18H23FN2O2/c19-16-5-3-15(4-6-16)18(23)21-11-8-13(9-12-21)7-10-20-17(22)14-1-2-14/h3-6,13-14H,1-2,7-12H2,(H,20,22). The third-order valence-electron chi connectivity index (χ3n) is 4.79. The van der Waals surface area contributed by atoms with Gasteiger partial charge < -0.3 is 10.2 Å². The van der Waals surface area contributed by atoms with Crippen LogP contribution in [-0.4, -0.2) is 36.3 Å². The number of amides is 2. The third-order valence-corrected chi connectivity index (χ3v) is 4.79. The SMILES string of the molecule is O=C(NCCC1CCN(C(=O)c2ccc(F)cc2)CC1)C1CC1. The predicted molar refractivity (Wildman–Crippen MR) is 85.4 cm³/mol. The summed E-state index contributed by atoms with van der Waals surface area (Å²) in [6.07, 6.45) is 4.99. The highest BCUT2D eigenvalue weighted by Crippen LogP contribution is 2.29. The zero-order valence-corrected chi connectivity index (χ0v) is 13.3. The van der Waals surface area contributed by atoms with Crippen LogP contribution < -0.4 is 5.32 Å². The first kappa shape index (κ1) is 16.0. The summed E-state index contributed by atoms with van der Waals surface area (Å²) in [6.45, 7) is 2.21. The number of hydrogen-bond donors (Lipinski definition) is 1. The Kier molecular flexibility index (Phi) is 4.94. The van der Waals surface area contributed by atoms with Crippen molar-refractivity contribution in [3.05, 3.63) is 35.6 Å². The number of hydrogen-bond acceptors (Lipinski definition) is 2. The van der Waals surface area contributed by atoms with Crippen LogP contribution in [0.3, 0.4) is 0 Å². The Labute approximate surface area is 136 Å². The summed E-state index contributed by atoms with van der Waals surface area (Å²) in [5.41, 5.74) is 0.543. The number of carbonyl (C=O) groups is 2. The van der Waals surface area contributed by atoms with Gasteiger partial charge in [-0.05, 0) is 62.3 Å². The maximum atomic E-state index is 12.9. The van der Waals surface area contributed by atoms with Gasteiger partial charge in [0.1, 0.15) is 5.82 Å². The van der Waals surface area contributed by atoms with Gasteiger partial charge in [-0.15, -0.1) is 0 Å². The normalized spacial score (nSPS) is 18.7. The molecule has 0 bridgehead atoms. The molecular weight excluding hydrogens is 295 g/mol. The second-order valence-corrected chi connectivity index (χ2v) is 6.60. The van der Waals surface area contributed by atoms with E-state index in [9.17, 15) is 14.0 Å². The van der Waals surface area contributed by atoms with E-state index < -0.39 is 0 Å². The molecule has 0 atom stereocenters. The van der Waals surface area contributed by atoms with Crippen molar-refractivity contribution in [3.63, 3.8) is 0 Å². The minimum Gasteiger partial charge on any atom is -0.356 e. The number of carbonyl (C=O) groups excluding carboxylic acids is 2.